The Labute approximate surface area is 179 Å². The fourth-order valence-corrected chi connectivity index (χ4v) is 5.01. The first-order chi connectivity index (χ1) is 13.6. The monoisotopic (exact) mass is 430 g/mol. The quantitative estimate of drug-likeness (QED) is 0.463. The van der Waals surface area contributed by atoms with Gasteiger partial charge in [0, 0.05) is 27.1 Å². The number of thioether (sulfide) groups is 1. The van der Waals surface area contributed by atoms with Crippen LogP contribution in [0.2, 0.25) is 5.02 Å². The van der Waals surface area contributed by atoms with E-state index in [1.165, 1.54) is 4.88 Å². The third-order valence-electron chi connectivity index (χ3n) is 4.43. The standard InChI is InChI=1S/C22H23ClN2OS2/c1-25(2)20(17-9-3-5-11-19(17)23)14-24-22(26)18-10-4-6-12-21(18)28-15-16-8-7-13-27-16/h3-13,20H,14-15H2,1-2H3,(H,24,26). The van der Waals surface area contributed by atoms with E-state index in [9.17, 15) is 4.79 Å². The van der Waals surface area contributed by atoms with Gasteiger partial charge in [-0.05, 0) is 49.3 Å². The third-order valence-corrected chi connectivity index (χ3v) is 6.95. The largest absolute Gasteiger partial charge is 0.350 e. The fourth-order valence-electron chi connectivity index (χ4n) is 2.92. The number of hydrogen-bond donors (Lipinski definition) is 1. The molecule has 0 fully saturated rings. The van der Waals surface area contributed by atoms with E-state index in [1.54, 1.807) is 23.1 Å². The normalized spacial score (nSPS) is 12.1. The SMILES string of the molecule is CN(C)C(CNC(=O)c1ccccc1SCc1cccs1)c1ccccc1Cl. The number of hydrogen-bond acceptors (Lipinski definition) is 4. The molecule has 1 atom stereocenters. The average molecular weight is 431 g/mol. The second-order valence-corrected chi connectivity index (χ2v) is 9.03. The number of nitrogens with zero attached hydrogens (tertiary/aromatic N) is 1. The lowest BCUT2D eigenvalue weighted by molar-refractivity contribution is 0.0939. The number of likely N-dealkylation sites (N-methyl/N-ethyl adjacent to an activating group) is 1. The van der Waals surface area contributed by atoms with Crippen LogP contribution in [0.5, 0.6) is 0 Å². The average Bonchev–Trinajstić information content (AvgIpc) is 3.21. The van der Waals surface area contributed by atoms with E-state index in [4.69, 9.17) is 11.6 Å². The first-order valence-corrected chi connectivity index (χ1v) is 11.2. The molecule has 6 heteroatoms. The number of rotatable bonds is 8. The van der Waals surface area contributed by atoms with Crippen molar-refractivity contribution in [3.63, 3.8) is 0 Å². The van der Waals surface area contributed by atoms with Gasteiger partial charge in [-0.25, -0.2) is 0 Å². The van der Waals surface area contributed by atoms with Gasteiger partial charge >= 0.3 is 0 Å². The number of thiophene rings is 1. The van der Waals surface area contributed by atoms with Gasteiger partial charge in [-0.15, -0.1) is 23.1 Å². The van der Waals surface area contributed by atoms with E-state index in [1.807, 2.05) is 62.6 Å². The Morgan fingerprint density at radius 1 is 1.11 bits per heavy atom. The summed E-state index contributed by atoms with van der Waals surface area (Å²) in [6, 6.07) is 19.7. The number of carbonyl (C=O) groups excluding carboxylic acids is 1. The van der Waals surface area contributed by atoms with Crippen LogP contribution in [-0.4, -0.2) is 31.4 Å². The van der Waals surface area contributed by atoms with Crippen molar-refractivity contribution in [3.05, 3.63) is 87.1 Å². The summed E-state index contributed by atoms with van der Waals surface area (Å²) in [7, 11) is 3.98. The molecule has 0 spiro atoms. The second kappa shape index (κ2) is 10.1. The van der Waals surface area contributed by atoms with E-state index >= 15 is 0 Å². The molecule has 28 heavy (non-hydrogen) atoms. The van der Waals surface area contributed by atoms with Gasteiger partial charge in [0.15, 0.2) is 0 Å². The summed E-state index contributed by atoms with van der Waals surface area (Å²) in [6.07, 6.45) is 0. The lowest BCUT2D eigenvalue weighted by Crippen LogP contribution is -2.34. The molecule has 0 aliphatic heterocycles. The van der Waals surface area contributed by atoms with Crippen LogP contribution in [0.1, 0.15) is 26.8 Å². The van der Waals surface area contributed by atoms with Gasteiger partial charge in [-0.3, -0.25) is 4.79 Å². The van der Waals surface area contributed by atoms with Gasteiger partial charge in [0.25, 0.3) is 5.91 Å². The van der Waals surface area contributed by atoms with Gasteiger partial charge < -0.3 is 10.2 Å². The maximum atomic E-state index is 12.9. The van der Waals surface area contributed by atoms with Crippen molar-refractivity contribution < 1.29 is 4.79 Å². The number of carbonyl (C=O) groups is 1. The highest BCUT2D eigenvalue weighted by molar-refractivity contribution is 7.98. The molecule has 0 aliphatic carbocycles. The van der Waals surface area contributed by atoms with Crippen molar-refractivity contribution in [2.75, 3.05) is 20.6 Å². The van der Waals surface area contributed by atoms with Crippen molar-refractivity contribution in [1.29, 1.82) is 0 Å². The van der Waals surface area contributed by atoms with Crippen LogP contribution < -0.4 is 5.32 Å². The topological polar surface area (TPSA) is 32.3 Å². The van der Waals surface area contributed by atoms with E-state index in [-0.39, 0.29) is 11.9 Å². The van der Waals surface area contributed by atoms with Crippen LogP contribution >= 0.6 is 34.7 Å². The smallest absolute Gasteiger partial charge is 0.252 e. The molecule has 1 N–H and O–H groups in total. The van der Waals surface area contributed by atoms with Crippen LogP contribution in [0.25, 0.3) is 0 Å². The number of benzene rings is 2. The van der Waals surface area contributed by atoms with Crippen LogP contribution in [0.4, 0.5) is 0 Å². The fraction of sp³-hybridized carbons (Fsp3) is 0.227. The van der Waals surface area contributed by atoms with Crippen molar-refractivity contribution in [2.45, 2.75) is 16.7 Å². The number of nitrogens with one attached hydrogen (secondary N) is 1. The van der Waals surface area contributed by atoms with E-state index < -0.39 is 0 Å². The minimum atomic E-state index is -0.0619. The molecular formula is C22H23ClN2OS2. The van der Waals surface area contributed by atoms with Crippen molar-refractivity contribution in [1.82, 2.24) is 10.2 Å². The van der Waals surface area contributed by atoms with Gasteiger partial charge in [0.2, 0.25) is 0 Å². The summed E-state index contributed by atoms with van der Waals surface area (Å²) in [5, 5.41) is 5.87. The zero-order chi connectivity index (χ0) is 19.9. The molecule has 3 aromatic rings. The minimum absolute atomic E-state index is 0.00332. The molecular weight excluding hydrogens is 408 g/mol. The van der Waals surface area contributed by atoms with Gasteiger partial charge in [0.1, 0.15) is 0 Å². The zero-order valence-corrected chi connectivity index (χ0v) is 18.3. The summed E-state index contributed by atoms with van der Waals surface area (Å²) >= 11 is 9.79. The first kappa shape index (κ1) is 20.9. The minimum Gasteiger partial charge on any atom is -0.350 e. The van der Waals surface area contributed by atoms with Crippen molar-refractivity contribution in [3.8, 4) is 0 Å². The highest BCUT2D eigenvalue weighted by Gasteiger charge is 2.19. The van der Waals surface area contributed by atoms with Crippen LogP contribution in [-0.2, 0) is 5.75 Å². The predicted octanol–water partition coefficient (Wildman–Crippen LogP) is 5.73. The summed E-state index contributed by atoms with van der Waals surface area (Å²) in [5.41, 5.74) is 1.72. The highest BCUT2D eigenvalue weighted by atomic mass is 35.5. The lowest BCUT2D eigenvalue weighted by Gasteiger charge is -2.26. The van der Waals surface area contributed by atoms with Crippen LogP contribution in [0.15, 0.2) is 70.9 Å². The Bertz CT molecular complexity index is 912. The molecule has 1 aromatic heterocycles. The van der Waals surface area contributed by atoms with E-state index in [0.717, 1.165) is 16.2 Å². The molecule has 146 valence electrons. The molecule has 0 saturated heterocycles. The maximum absolute atomic E-state index is 12.9. The van der Waals surface area contributed by atoms with Gasteiger partial charge in [-0.1, -0.05) is 48.0 Å². The van der Waals surface area contributed by atoms with E-state index in [0.29, 0.717) is 17.1 Å². The summed E-state index contributed by atoms with van der Waals surface area (Å²) in [4.78, 5) is 17.3. The molecule has 0 saturated carbocycles. The predicted molar refractivity (Wildman–Crippen MR) is 121 cm³/mol. The van der Waals surface area contributed by atoms with Crippen molar-refractivity contribution >= 4 is 40.6 Å². The Hall–Kier alpha value is -1.79. The molecule has 0 bridgehead atoms. The number of halogens is 1. The molecule has 0 radical (unpaired) electrons. The molecule has 1 unspecified atom stereocenters. The van der Waals surface area contributed by atoms with Gasteiger partial charge in [0.05, 0.1) is 11.6 Å². The Balaban J connectivity index is 1.69. The Kier molecular flexibility index (Phi) is 7.57. The molecule has 3 rings (SSSR count). The molecule has 0 aliphatic rings. The second-order valence-electron chi connectivity index (χ2n) is 6.58. The molecule has 3 nitrogen and oxygen atoms in total. The zero-order valence-electron chi connectivity index (χ0n) is 15.9. The van der Waals surface area contributed by atoms with Crippen LogP contribution in [0.3, 0.4) is 0 Å². The highest BCUT2D eigenvalue weighted by Crippen LogP contribution is 2.29. The third kappa shape index (κ3) is 5.39. The molecule has 1 heterocycles. The lowest BCUT2D eigenvalue weighted by atomic mass is 10.1. The molecule has 2 aromatic carbocycles. The Morgan fingerprint density at radius 2 is 1.86 bits per heavy atom. The summed E-state index contributed by atoms with van der Waals surface area (Å²) in [6.45, 7) is 0.486. The van der Waals surface area contributed by atoms with Crippen LogP contribution in [0, 0.1) is 0 Å². The number of amides is 1. The molecule has 1 amide bonds. The van der Waals surface area contributed by atoms with Gasteiger partial charge in [-0.2, -0.15) is 0 Å². The summed E-state index contributed by atoms with van der Waals surface area (Å²) < 4.78 is 0. The first-order valence-electron chi connectivity index (χ1n) is 8.99. The van der Waals surface area contributed by atoms with E-state index in [2.05, 4.69) is 27.7 Å². The summed E-state index contributed by atoms with van der Waals surface area (Å²) in [5.74, 6) is 0.801. The Morgan fingerprint density at radius 3 is 2.57 bits per heavy atom. The maximum Gasteiger partial charge on any atom is 0.252 e. The van der Waals surface area contributed by atoms with Crippen molar-refractivity contribution in [2.24, 2.45) is 0 Å².